The number of hydrogen-bond donors (Lipinski definition) is 1. The number of benzene rings is 2. The average molecular weight is 434 g/mol. The summed E-state index contributed by atoms with van der Waals surface area (Å²) in [5.41, 5.74) is 2.79. The molecular weight excluding hydrogens is 410 g/mol. The highest BCUT2D eigenvalue weighted by atomic mass is 32.2. The summed E-state index contributed by atoms with van der Waals surface area (Å²) in [4.78, 5) is 14.2. The zero-order valence-electron chi connectivity index (χ0n) is 16.1. The number of fused-ring (bicyclic) bond motifs is 1. The van der Waals surface area contributed by atoms with Gasteiger partial charge in [-0.3, -0.25) is 9.69 Å². The molecule has 0 unspecified atom stereocenters. The molecule has 4 rings (SSSR count). The van der Waals surface area contributed by atoms with Gasteiger partial charge in [0.15, 0.2) is 0 Å². The molecule has 154 valence electrons. The van der Waals surface area contributed by atoms with E-state index in [2.05, 4.69) is 15.7 Å². The number of rotatable bonds is 6. The SMILES string of the molecule is Cn1c(=O)sc2cc(S(=O)(=O)NCc3cccc(CN4CCOCC4)c3)ccc21. The van der Waals surface area contributed by atoms with E-state index in [1.165, 1.54) is 10.6 Å². The first-order valence-electron chi connectivity index (χ1n) is 9.39. The van der Waals surface area contributed by atoms with Crippen molar-refractivity contribution in [2.75, 3.05) is 26.3 Å². The van der Waals surface area contributed by atoms with Crippen LogP contribution < -0.4 is 9.60 Å². The first-order valence-corrected chi connectivity index (χ1v) is 11.7. The number of nitrogens with one attached hydrogen (secondary N) is 1. The lowest BCUT2D eigenvalue weighted by atomic mass is 10.1. The van der Waals surface area contributed by atoms with E-state index >= 15 is 0 Å². The lowest BCUT2D eigenvalue weighted by Crippen LogP contribution is -2.35. The van der Waals surface area contributed by atoms with E-state index in [-0.39, 0.29) is 16.3 Å². The van der Waals surface area contributed by atoms with E-state index in [4.69, 9.17) is 4.74 Å². The fourth-order valence-corrected chi connectivity index (χ4v) is 5.44. The molecule has 0 amide bonds. The van der Waals surface area contributed by atoms with Gasteiger partial charge < -0.3 is 9.30 Å². The summed E-state index contributed by atoms with van der Waals surface area (Å²) in [7, 11) is -2.00. The van der Waals surface area contributed by atoms with Crippen LogP contribution in [0.4, 0.5) is 0 Å². The van der Waals surface area contributed by atoms with Gasteiger partial charge in [-0.25, -0.2) is 13.1 Å². The van der Waals surface area contributed by atoms with E-state index < -0.39 is 10.0 Å². The predicted molar refractivity (Wildman–Crippen MR) is 114 cm³/mol. The lowest BCUT2D eigenvalue weighted by molar-refractivity contribution is 0.0342. The van der Waals surface area contributed by atoms with Crippen LogP contribution >= 0.6 is 11.3 Å². The van der Waals surface area contributed by atoms with E-state index in [1.54, 1.807) is 19.2 Å². The number of aryl methyl sites for hydroxylation is 1. The molecule has 1 aliphatic heterocycles. The Bertz CT molecular complexity index is 1180. The van der Waals surface area contributed by atoms with Gasteiger partial charge in [0.1, 0.15) is 0 Å². The Morgan fingerprint density at radius 3 is 2.66 bits per heavy atom. The van der Waals surface area contributed by atoms with Gasteiger partial charge >= 0.3 is 4.87 Å². The predicted octanol–water partition coefficient (Wildman–Crippen LogP) is 1.91. The molecule has 1 aliphatic rings. The quantitative estimate of drug-likeness (QED) is 0.642. The Morgan fingerprint density at radius 1 is 1.10 bits per heavy atom. The molecule has 0 saturated carbocycles. The fourth-order valence-electron chi connectivity index (χ4n) is 3.40. The third-order valence-electron chi connectivity index (χ3n) is 5.04. The molecule has 1 N–H and O–H groups in total. The molecule has 3 aromatic rings. The van der Waals surface area contributed by atoms with Crippen LogP contribution in [-0.2, 0) is 34.9 Å². The van der Waals surface area contributed by atoms with Gasteiger partial charge in [0, 0.05) is 33.2 Å². The molecule has 1 aromatic heterocycles. The van der Waals surface area contributed by atoms with Gasteiger partial charge in [-0.15, -0.1) is 0 Å². The van der Waals surface area contributed by atoms with E-state index in [0.29, 0.717) is 4.70 Å². The average Bonchev–Trinajstić information content (AvgIpc) is 3.01. The van der Waals surface area contributed by atoms with Crippen LogP contribution in [0.25, 0.3) is 10.2 Å². The molecule has 29 heavy (non-hydrogen) atoms. The third kappa shape index (κ3) is 4.59. The Hall–Kier alpha value is -2.04. The monoisotopic (exact) mass is 433 g/mol. The number of aromatic nitrogens is 1. The summed E-state index contributed by atoms with van der Waals surface area (Å²) in [5, 5.41) is 0. The van der Waals surface area contributed by atoms with Gasteiger partial charge in [-0.1, -0.05) is 35.6 Å². The number of nitrogens with zero attached hydrogens (tertiary/aromatic N) is 2. The highest BCUT2D eigenvalue weighted by molar-refractivity contribution is 7.89. The minimum atomic E-state index is -3.68. The van der Waals surface area contributed by atoms with Crippen molar-refractivity contribution in [3.63, 3.8) is 0 Å². The molecule has 0 atom stereocenters. The van der Waals surface area contributed by atoms with Gasteiger partial charge in [-0.05, 0) is 29.3 Å². The van der Waals surface area contributed by atoms with Gasteiger partial charge in [0.2, 0.25) is 10.0 Å². The maximum absolute atomic E-state index is 12.7. The Morgan fingerprint density at radius 2 is 1.86 bits per heavy atom. The Kier molecular flexibility index (Phi) is 5.84. The Labute approximate surface area is 173 Å². The molecule has 0 radical (unpaired) electrons. The number of hydrogen-bond acceptors (Lipinski definition) is 6. The third-order valence-corrected chi connectivity index (χ3v) is 7.44. The molecule has 0 aliphatic carbocycles. The zero-order valence-corrected chi connectivity index (χ0v) is 17.8. The summed E-state index contributed by atoms with van der Waals surface area (Å²) < 4.78 is 35.7. The van der Waals surface area contributed by atoms with Crippen LogP contribution in [0.5, 0.6) is 0 Å². The maximum Gasteiger partial charge on any atom is 0.307 e. The van der Waals surface area contributed by atoms with Crippen molar-refractivity contribution in [1.29, 1.82) is 0 Å². The van der Waals surface area contributed by atoms with Crippen LogP contribution in [-0.4, -0.2) is 44.2 Å². The summed E-state index contributed by atoms with van der Waals surface area (Å²) in [6.07, 6.45) is 0. The van der Waals surface area contributed by atoms with Crippen LogP contribution in [0.2, 0.25) is 0 Å². The second-order valence-electron chi connectivity index (χ2n) is 7.09. The summed E-state index contributed by atoms with van der Waals surface area (Å²) in [6, 6.07) is 12.7. The molecule has 0 spiro atoms. The normalized spacial score (nSPS) is 15.8. The van der Waals surface area contributed by atoms with Crippen molar-refractivity contribution in [3.8, 4) is 0 Å². The molecule has 0 bridgehead atoms. The fraction of sp³-hybridized carbons (Fsp3) is 0.350. The molecule has 1 saturated heterocycles. The summed E-state index contributed by atoms with van der Waals surface area (Å²) in [5.74, 6) is 0. The molecule has 9 heteroatoms. The second kappa shape index (κ2) is 8.37. The van der Waals surface area contributed by atoms with Crippen LogP contribution in [0.3, 0.4) is 0 Å². The highest BCUT2D eigenvalue weighted by Gasteiger charge is 2.16. The van der Waals surface area contributed by atoms with Crippen molar-refractivity contribution in [2.24, 2.45) is 7.05 Å². The number of thiazole rings is 1. The van der Waals surface area contributed by atoms with Crippen molar-refractivity contribution in [2.45, 2.75) is 18.0 Å². The smallest absolute Gasteiger partial charge is 0.307 e. The minimum absolute atomic E-state index is 0.111. The summed E-state index contributed by atoms with van der Waals surface area (Å²) in [6.45, 7) is 4.35. The lowest BCUT2D eigenvalue weighted by Gasteiger charge is -2.26. The van der Waals surface area contributed by atoms with Crippen LogP contribution in [0, 0.1) is 0 Å². The number of sulfonamides is 1. The van der Waals surface area contributed by atoms with E-state index in [1.807, 2.05) is 18.2 Å². The number of ether oxygens (including phenoxy) is 1. The minimum Gasteiger partial charge on any atom is -0.379 e. The van der Waals surface area contributed by atoms with Crippen LogP contribution in [0.1, 0.15) is 11.1 Å². The Balaban J connectivity index is 1.46. The van der Waals surface area contributed by atoms with Gasteiger partial charge in [0.25, 0.3) is 0 Å². The molecule has 1 fully saturated rings. The first-order chi connectivity index (χ1) is 13.9. The van der Waals surface area contributed by atoms with E-state index in [0.717, 1.165) is 60.8 Å². The summed E-state index contributed by atoms with van der Waals surface area (Å²) >= 11 is 1.04. The van der Waals surface area contributed by atoms with Crippen molar-refractivity contribution in [3.05, 3.63) is 63.3 Å². The standard InChI is InChI=1S/C20H23N3O4S2/c1-22-18-6-5-17(12-19(18)28-20(22)24)29(25,26)21-13-15-3-2-4-16(11-15)14-23-7-9-27-10-8-23/h2-6,11-12,21H,7-10,13-14H2,1H3. The first kappa shape index (κ1) is 20.2. The van der Waals surface area contributed by atoms with Crippen molar-refractivity contribution < 1.29 is 13.2 Å². The van der Waals surface area contributed by atoms with Crippen molar-refractivity contribution >= 4 is 31.6 Å². The van der Waals surface area contributed by atoms with E-state index in [9.17, 15) is 13.2 Å². The van der Waals surface area contributed by atoms with Crippen molar-refractivity contribution in [1.82, 2.24) is 14.2 Å². The molecule has 2 heterocycles. The zero-order chi connectivity index (χ0) is 20.4. The van der Waals surface area contributed by atoms with Crippen LogP contribution in [0.15, 0.2) is 52.2 Å². The highest BCUT2D eigenvalue weighted by Crippen LogP contribution is 2.21. The van der Waals surface area contributed by atoms with Gasteiger partial charge in [0.05, 0.1) is 28.3 Å². The molecular formula is C20H23N3O4S2. The molecule has 2 aromatic carbocycles. The number of morpholine rings is 1. The second-order valence-corrected chi connectivity index (χ2v) is 9.85. The molecule has 7 nitrogen and oxygen atoms in total. The largest absolute Gasteiger partial charge is 0.379 e. The topological polar surface area (TPSA) is 80.6 Å². The maximum atomic E-state index is 12.7. The van der Waals surface area contributed by atoms with Gasteiger partial charge in [-0.2, -0.15) is 0 Å².